The molecular weight excluding hydrogens is 260 g/mol. The molecule has 1 aromatic heterocycles. The highest BCUT2D eigenvalue weighted by Crippen LogP contribution is 2.22. The maximum atomic E-state index is 12.5. The average Bonchev–Trinajstić information content (AvgIpc) is 2.86. The van der Waals surface area contributed by atoms with Crippen LogP contribution in [0.15, 0.2) is 47.5 Å². The van der Waals surface area contributed by atoms with Gasteiger partial charge in [0, 0.05) is 25.0 Å². The highest BCUT2D eigenvalue weighted by Gasteiger charge is 2.27. The maximum absolute atomic E-state index is 12.5. The van der Waals surface area contributed by atoms with Crippen LogP contribution < -0.4 is 0 Å². The molecule has 4 nitrogen and oxygen atoms in total. The first-order valence-electron chi connectivity index (χ1n) is 6.28. The van der Waals surface area contributed by atoms with E-state index in [1.54, 1.807) is 16.4 Å². The SMILES string of the molecule is Cc1ccc(S(=O)(=O)N2CCn3cccc3C2)cc1. The molecule has 19 heavy (non-hydrogen) atoms. The van der Waals surface area contributed by atoms with E-state index in [2.05, 4.69) is 4.57 Å². The summed E-state index contributed by atoms with van der Waals surface area (Å²) in [4.78, 5) is 0.373. The van der Waals surface area contributed by atoms with Crippen molar-refractivity contribution in [3.05, 3.63) is 53.9 Å². The second-order valence-electron chi connectivity index (χ2n) is 4.84. The molecular formula is C14H16N2O2S. The van der Waals surface area contributed by atoms with Gasteiger partial charge in [0.05, 0.1) is 11.4 Å². The molecule has 0 amide bonds. The fraction of sp³-hybridized carbons (Fsp3) is 0.286. The van der Waals surface area contributed by atoms with Crippen LogP contribution in [-0.4, -0.2) is 23.8 Å². The Morgan fingerprint density at radius 3 is 2.53 bits per heavy atom. The number of nitrogens with zero attached hydrogens (tertiary/aromatic N) is 2. The molecule has 0 saturated heterocycles. The zero-order valence-electron chi connectivity index (χ0n) is 10.8. The van der Waals surface area contributed by atoms with Crippen molar-refractivity contribution in [2.24, 2.45) is 0 Å². The van der Waals surface area contributed by atoms with Gasteiger partial charge in [-0.1, -0.05) is 17.7 Å². The van der Waals surface area contributed by atoms with Crippen molar-refractivity contribution in [2.75, 3.05) is 6.54 Å². The normalized spacial score (nSPS) is 16.3. The largest absolute Gasteiger partial charge is 0.349 e. The molecule has 0 unspecified atom stereocenters. The third kappa shape index (κ3) is 2.19. The molecule has 1 aliphatic rings. The first kappa shape index (κ1) is 12.4. The van der Waals surface area contributed by atoms with Crippen LogP contribution in [0.2, 0.25) is 0 Å². The summed E-state index contributed by atoms with van der Waals surface area (Å²) in [7, 11) is -3.38. The lowest BCUT2D eigenvalue weighted by molar-refractivity contribution is 0.341. The molecule has 0 N–H and O–H groups in total. The Kier molecular flexibility index (Phi) is 2.95. The van der Waals surface area contributed by atoms with Crippen LogP contribution in [0, 0.1) is 6.92 Å². The Hall–Kier alpha value is -1.59. The highest BCUT2D eigenvalue weighted by atomic mass is 32.2. The summed E-state index contributed by atoms with van der Waals surface area (Å²) in [5, 5.41) is 0. The molecule has 100 valence electrons. The number of benzene rings is 1. The van der Waals surface area contributed by atoms with Crippen molar-refractivity contribution in [2.45, 2.75) is 24.9 Å². The van der Waals surface area contributed by atoms with E-state index >= 15 is 0 Å². The molecule has 0 bridgehead atoms. The topological polar surface area (TPSA) is 42.3 Å². The minimum atomic E-state index is -3.38. The van der Waals surface area contributed by atoms with Gasteiger partial charge in [0.25, 0.3) is 0 Å². The standard InChI is InChI=1S/C14H16N2O2S/c1-12-4-6-14(7-5-12)19(17,18)16-10-9-15-8-2-3-13(15)11-16/h2-8H,9-11H2,1H3. The van der Waals surface area contributed by atoms with Gasteiger partial charge in [-0.25, -0.2) is 8.42 Å². The average molecular weight is 276 g/mol. The number of rotatable bonds is 2. The van der Waals surface area contributed by atoms with Crippen molar-refractivity contribution in [1.82, 2.24) is 8.87 Å². The van der Waals surface area contributed by atoms with Crippen LogP contribution in [0.4, 0.5) is 0 Å². The summed E-state index contributed by atoms with van der Waals surface area (Å²) in [6.45, 7) is 3.64. The first-order valence-corrected chi connectivity index (χ1v) is 7.72. The predicted octanol–water partition coefficient (Wildman–Crippen LogP) is 2.00. The smallest absolute Gasteiger partial charge is 0.243 e. The number of hydrogen-bond acceptors (Lipinski definition) is 2. The summed E-state index contributed by atoms with van der Waals surface area (Å²) < 4.78 is 28.7. The van der Waals surface area contributed by atoms with E-state index in [0.717, 1.165) is 11.3 Å². The summed E-state index contributed by atoms with van der Waals surface area (Å²) >= 11 is 0. The number of sulfonamides is 1. The minimum absolute atomic E-state index is 0.373. The third-order valence-electron chi connectivity index (χ3n) is 3.51. The second-order valence-corrected chi connectivity index (χ2v) is 6.78. The maximum Gasteiger partial charge on any atom is 0.243 e. The summed E-state index contributed by atoms with van der Waals surface area (Å²) in [6, 6.07) is 10.9. The molecule has 5 heteroatoms. The van der Waals surface area contributed by atoms with E-state index in [-0.39, 0.29) is 0 Å². The number of aromatic nitrogens is 1. The van der Waals surface area contributed by atoms with E-state index in [1.807, 2.05) is 37.4 Å². The molecule has 0 atom stereocenters. The van der Waals surface area contributed by atoms with E-state index in [4.69, 9.17) is 0 Å². The summed E-state index contributed by atoms with van der Waals surface area (Å²) in [5.74, 6) is 0. The second kappa shape index (κ2) is 4.51. The van der Waals surface area contributed by atoms with Gasteiger partial charge in [0.15, 0.2) is 0 Å². The zero-order chi connectivity index (χ0) is 13.5. The number of aryl methyl sites for hydroxylation is 1. The Balaban J connectivity index is 1.92. The Morgan fingerprint density at radius 2 is 1.79 bits per heavy atom. The Morgan fingerprint density at radius 1 is 1.05 bits per heavy atom. The van der Waals surface area contributed by atoms with Crippen LogP contribution >= 0.6 is 0 Å². The number of fused-ring (bicyclic) bond motifs is 1. The van der Waals surface area contributed by atoms with Gasteiger partial charge in [-0.3, -0.25) is 0 Å². The quantitative estimate of drug-likeness (QED) is 0.842. The van der Waals surface area contributed by atoms with Crippen molar-refractivity contribution in [1.29, 1.82) is 0 Å². The van der Waals surface area contributed by atoms with Crippen molar-refractivity contribution >= 4 is 10.0 Å². The molecule has 0 radical (unpaired) electrons. The predicted molar refractivity (Wildman–Crippen MR) is 73.2 cm³/mol. The van der Waals surface area contributed by atoms with Crippen LogP contribution in [0.25, 0.3) is 0 Å². The van der Waals surface area contributed by atoms with Gasteiger partial charge < -0.3 is 4.57 Å². The fourth-order valence-electron chi connectivity index (χ4n) is 2.35. The minimum Gasteiger partial charge on any atom is -0.349 e. The highest BCUT2D eigenvalue weighted by molar-refractivity contribution is 7.89. The fourth-order valence-corrected chi connectivity index (χ4v) is 3.76. The van der Waals surface area contributed by atoms with E-state index in [0.29, 0.717) is 24.5 Å². The molecule has 0 spiro atoms. The summed E-state index contributed by atoms with van der Waals surface area (Å²) in [5.41, 5.74) is 2.11. The van der Waals surface area contributed by atoms with E-state index in [9.17, 15) is 8.42 Å². The molecule has 0 saturated carbocycles. The lowest BCUT2D eigenvalue weighted by Gasteiger charge is -2.27. The van der Waals surface area contributed by atoms with Gasteiger partial charge in [0.2, 0.25) is 10.0 Å². The van der Waals surface area contributed by atoms with E-state index < -0.39 is 10.0 Å². The molecule has 0 aliphatic carbocycles. The zero-order valence-corrected chi connectivity index (χ0v) is 11.6. The molecule has 2 aromatic rings. The third-order valence-corrected chi connectivity index (χ3v) is 5.37. The van der Waals surface area contributed by atoms with Crippen molar-refractivity contribution in [3.63, 3.8) is 0 Å². The molecule has 1 aromatic carbocycles. The monoisotopic (exact) mass is 276 g/mol. The van der Waals surface area contributed by atoms with E-state index in [1.165, 1.54) is 0 Å². The Labute approximate surface area is 113 Å². The van der Waals surface area contributed by atoms with Crippen molar-refractivity contribution < 1.29 is 8.42 Å². The van der Waals surface area contributed by atoms with Gasteiger partial charge >= 0.3 is 0 Å². The van der Waals surface area contributed by atoms with Crippen LogP contribution in [-0.2, 0) is 23.1 Å². The first-order chi connectivity index (χ1) is 9.07. The molecule has 2 heterocycles. The van der Waals surface area contributed by atoms with Gasteiger partial charge in [0.1, 0.15) is 0 Å². The molecule has 0 fully saturated rings. The van der Waals surface area contributed by atoms with Crippen LogP contribution in [0.3, 0.4) is 0 Å². The van der Waals surface area contributed by atoms with Crippen molar-refractivity contribution in [3.8, 4) is 0 Å². The Bertz CT molecular complexity index is 686. The summed E-state index contributed by atoms with van der Waals surface area (Å²) in [6.07, 6.45) is 1.99. The lowest BCUT2D eigenvalue weighted by Crippen LogP contribution is -2.37. The van der Waals surface area contributed by atoms with Crippen LogP contribution in [0.1, 0.15) is 11.3 Å². The number of hydrogen-bond donors (Lipinski definition) is 0. The molecule has 1 aliphatic heterocycles. The van der Waals surface area contributed by atoms with Gasteiger partial charge in [-0.15, -0.1) is 0 Å². The van der Waals surface area contributed by atoms with Gasteiger partial charge in [-0.05, 0) is 31.2 Å². The lowest BCUT2D eigenvalue weighted by atomic mass is 10.2. The van der Waals surface area contributed by atoms with Crippen LogP contribution in [0.5, 0.6) is 0 Å². The van der Waals surface area contributed by atoms with Gasteiger partial charge in [-0.2, -0.15) is 4.31 Å². The molecule has 3 rings (SSSR count).